The number of amides is 1. The van der Waals surface area contributed by atoms with E-state index < -0.39 is 0 Å². The van der Waals surface area contributed by atoms with Crippen LogP contribution < -0.4 is 14.8 Å². The predicted octanol–water partition coefficient (Wildman–Crippen LogP) is 3.47. The molecule has 0 saturated heterocycles. The van der Waals surface area contributed by atoms with Crippen LogP contribution in [-0.4, -0.2) is 31.4 Å². The molecule has 1 aromatic carbocycles. The molecule has 0 bridgehead atoms. The number of nitrogens with one attached hydrogen (secondary N) is 1. The molecule has 6 heteroatoms. The average Bonchev–Trinajstić information content (AvgIpc) is 2.60. The molecular weight excluding hydrogens is 312 g/mol. The standard InChI is InChI=1S/C17H18N2O3S/c1-21-14-7-4-12(10-15(14)22-2)5-8-16(20)19-13-6-9-17(23-3)18-11-13/h4-11H,1-3H3,(H,19,20). The topological polar surface area (TPSA) is 60.5 Å². The van der Waals surface area contributed by atoms with Crippen molar-refractivity contribution < 1.29 is 14.3 Å². The van der Waals surface area contributed by atoms with Crippen molar-refractivity contribution in [1.29, 1.82) is 0 Å². The zero-order valence-electron chi connectivity index (χ0n) is 13.2. The minimum atomic E-state index is -0.224. The molecule has 1 N–H and O–H groups in total. The maximum Gasteiger partial charge on any atom is 0.248 e. The zero-order chi connectivity index (χ0) is 16.7. The minimum absolute atomic E-state index is 0.224. The molecule has 5 nitrogen and oxygen atoms in total. The Balaban J connectivity index is 2.02. The number of carbonyl (C=O) groups is 1. The number of aromatic nitrogens is 1. The number of hydrogen-bond acceptors (Lipinski definition) is 5. The van der Waals surface area contributed by atoms with Gasteiger partial charge in [0.2, 0.25) is 5.91 Å². The van der Waals surface area contributed by atoms with Gasteiger partial charge in [-0.15, -0.1) is 11.8 Å². The second-order valence-electron chi connectivity index (χ2n) is 4.53. The predicted molar refractivity (Wildman–Crippen MR) is 93.2 cm³/mol. The average molecular weight is 330 g/mol. The Morgan fingerprint density at radius 2 is 1.96 bits per heavy atom. The van der Waals surface area contributed by atoms with Crippen molar-refractivity contribution in [2.75, 3.05) is 25.8 Å². The maximum atomic E-state index is 11.9. The van der Waals surface area contributed by atoms with E-state index in [4.69, 9.17) is 9.47 Å². The molecule has 0 aliphatic heterocycles. The SMILES string of the molecule is COc1ccc(C=CC(=O)Nc2ccc(SC)nc2)cc1OC. The van der Waals surface area contributed by atoms with E-state index in [1.54, 1.807) is 50.4 Å². The van der Waals surface area contributed by atoms with Crippen molar-refractivity contribution in [2.24, 2.45) is 0 Å². The summed E-state index contributed by atoms with van der Waals surface area (Å²) in [5.74, 6) is 1.04. The molecule has 0 saturated carbocycles. The lowest BCUT2D eigenvalue weighted by Gasteiger charge is -2.07. The number of rotatable bonds is 6. The van der Waals surface area contributed by atoms with E-state index in [-0.39, 0.29) is 5.91 Å². The Morgan fingerprint density at radius 3 is 2.57 bits per heavy atom. The lowest BCUT2D eigenvalue weighted by molar-refractivity contribution is -0.111. The first-order valence-corrected chi connectivity index (χ1v) is 8.10. The van der Waals surface area contributed by atoms with E-state index in [0.29, 0.717) is 17.2 Å². The van der Waals surface area contributed by atoms with Crippen molar-refractivity contribution in [3.05, 3.63) is 48.2 Å². The third kappa shape index (κ3) is 4.75. The summed E-state index contributed by atoms with van der Waals surface area (Å²) in [6.45, 7) is 0. The fraction of sp³-hybridized carbons (Fsp3) is 0.176. The number of nitrogens with zero attached hydrogens (tertiary/aromatic N) is 1. The van der Waals surface area contributed by atoms with Crippen LogP contribution in [0.2, 0.25) is 0 Å². The molecule has 23 heavy (non-hydrogen) atoms. The third-order valence-corrected chi connectivity index (χ3v) is 3.71. The van der Waals surface area contributed by atoms with Crippen molar-refractivity contribution in [2.45, 2.75) is 5.03 Å². The highest BCUT2D eigenvalue weighted by molar-refractivity contribution is 7.98. The fourth-order valence-corrected chi connectivity index (χ4v) is 2.25. The van der Waals surface area contributed by atoms with Gasteiger partial charge in [-0.3, -0.25) is 4.79 Å². The number of thioether (sulfide) groups is 1. The number of hydrogen-bond donors (Lipinski definition) is 1. The first-order chi connectivity index (χ1) is 11.2. The molecule has 0 atom stereocenters. The smallest absolute Gasteiger partial charge is 0.248 e. The van der Waals surface area contributed by atoms with Gasteiger partial charge in [0.25, 0.3) is 0 Å². The highest BCUT2D eigenvalue weighted by Gasteiger charge is 2.03. The van der Waals surface area contributed by atoms with Gasteiger partial charge in [-0.25, -0.2) is 4.98 Å². The van der Waals surface area contributed by atoms with Gasteiger partial charge < -0.3 is 14.8 Å². The van der Waals surface area contributed by atoms with Crippen LogP contribution in [-0.2, 0) is 4.79 Å². The Hall–Kier alpha value is -2.47. The van der Waals surface area contributed by atoms with Gasteiger partial charge in [-0.2, -0.15) is 0 Å². The molecular formula is C17H18N2O3S. The summed E-state index contributed by atoms with van der Waals surface area (Å²) in [7, 11) is 3.15. The lowest BCUT2D eigenvalue weighted by Crippen LogP contribution is -2.07. The molecule has 0 aliphatic carbocycles. The molecule has 0 unspecified atom stereocenters. The minimum Gasteiger partial charge on any atom is -0.493 e. The quantitative estimate of drug-likeness (QED) is 0.649. The normalized spacial score (nSPS) is 10.6. The van der Waals surface area contributed by atoms with Gasteiger partial charge in [-0.1, -0.05) is 6.07 Å². The van der Waals surface area contributed by atoms with Crippen LogP contribution in [0.25, 0.3) is 6.08 Å². The van der Waals surface area contributed by atoms with Crippen molar-refractivity contribution >= 4 is 29.4 Å². The Bertz CT molecular complexity index is 699. The summed E-state index contributed by atoms with van der Waals surface area (Å²) in [4.78, 5) is 16.1. The van der Waals surface area contributed by atoms with E-state index in [1.807, 2.05) is 24.5 Å². The number of anilines is 1. The Labute approximate surface area is 139 Å². The second-order valence-corrected chi connectivity index (χ2v) is 5.35. The molecule has 120 valence electrons. The van der Waals surface area contributed by atoms with Crippen LogP contribution in [0.3, 0.4) is 0 Å². The van der Waals surface area contributed by atoms with Crippen LogP contribution in [0.5, 0.6) is 11.5 Å². The van der Waals surface area contributed by atoms with E-state index in [9.17, 15) is 4.79 Å². The summed E-state index contributed by atoms with van der Waals surface area (Å²) < 4.78 is 10.4. The number of benzene rings is 1. The number of carbonyl (C=O) groups excluding carboxylic acids is 1. The van der Waals surface area contributed by atoms with Gasteiger partial charge in [0.05, 0.1) is 31.1 Å². The lowest BCUT2D eigenvalue weighted by atomic mass is 10.2. The summed E-state index contributed by atoms with van der Waals surface area (Å²) in [6, 6.07) is 9.12. The molecule has 2 rings (SSSR count). The van der Waals surface area contributed by atoms with Crippen LogP contribution in [0.15, 0.2) is 47.6 Å². The summed E-state index contributed by atoms with van der Waals surface area (Å²) >= 11 is 1.55. The largest absolute Gasteiger partial charge is 0.493 e. The number of pyridine rings is 1. The molecule has 1 amide bonds. The summed E-state index contributed by atoms with van der Waals surface area (Å²) in [5.41, 5.74) is 1.50. The van der Waals surface area contributed by atoms with Crippen molar-refractivity contribution in [1.82, 2.24) is 4.98 Å². The van der Waals surface area contributed by atoms with E-state index in [2.05, 4.69) is 10.3 Å². The van der Waals surface area contributed by atoms with Crippen molar-refractivity contribution in [3.8, 4) is 11.5 Å². The first kappa shape index (κ1) is 16.9. The van der Waals surface area contributed by atoms with E-state index >= 15 is 0 Å². The molecule has 0 spiro atoms. The van der Waals surface area contributed by atoms with Crippen LogP contribution >= 0.6 is 11.8 Å². The number of ether oxygens (including phenoxy) is 2. The molecule has 1 aromatic heterocycles. The van der Waals surface area contributed by atoms with Gasteiger partial charge in [0.15, 0.2) is 11.5 Å². The van der Waals surface area contributed by atoms with E-state index in [1.165, 1.54) is 6.08 Å². The first-order valence-electron chi connectivity index (χ1n) is 6.87. The zero-order valence-corrected chi connectivity index (χ0v) is 14.0. The molecule has 0 radical (unpaired) electrons. The Morgan fingerprint density at radius 1 is 1.17 bits per heavy atom. The van der Waals surface area contributed by atoms with E-state index in [0.717, 1.165) is 10.6 Å². The monoisotopic (exact) mass is 330 g/mol. The van der Waals surface area contributed by atoms with Gasteiger partial charge in [0.1, 0.15) is 0 Å². The van der Waals surface area contributed by atoms with Crippen LogP contribution in [0, 0.1) is 0 Å². The van der Waals surface area contributed by atoms with Gasteiger partial charge >= 0.3 is 0 Å². The fourth-order valence-electron chi connectivity index (χ4n) is 1.89. The highest BCUT2D eigenvalue weighted by atomic mass is 32.2. The van der Waals surface area contributed by atoms with Gasteiger partial charge in [-0.05, 0) is 42.2 Å². The Kier molecular flexibility index (Phi) is 6.05. The second kappa shape index (κ2) is 8.24. The highest BCUT2D eigenvalue weighted by Crippen LogP contribution is 2.27. The summed E-state index contributed by atoms with van der Waals surface area (Å²) in [5, 5.41) is 3.67. The molecule has 1 heterocycles. The number of methoxy groups -OCH3 is 2. The van der Waals surface area contributed by atoms with Gasteiger partial charge in [0, 0.05) is 6.08 Å². The third-order valence-electron chi connectivity index (χ3n) is 3.05. The molecule has 0 aliphatic rings. The maximum absolute atomic E-state index is 11.9. The molecule has 2 aromatic rings. The molecule has 0 fully saturated rings. The van der Waals surface area contributed by atoms with Crippen LogP contribution in [0.1, 0.15) is 5.56 Å². The van der Waals surface area contributed by atoms with Crippen molar-refractivity contribution in [3.63, 3.8) is 0 Å². The van der Waals surface area contributed by atoms with Crippen LogP contribution in [0.4, 0.5) is 5.69 Å². The summed E-state index contributed by atoms with van der Waals surface area (Å²) in [6.07, 6.45) is 6.76.